The van der Waals surface area contributed by atoms with E-state index in [1.165, 1.54) is 0 Å². The molecule has 0 aliphatic heterocycles. The summed E-state index contributed by atoms with van der Waals surface area (Å²) in [5.74, 6) is -0.493. The Morgan fingerprint density at radius 2 is 1.81 bits per heavy atom. The summed E-state index contributed by atoms with van der Waals surface area (Å²) >= 11 is 5.91. The van der Waals surface area contributed by atoms with Crippen molar-refractivity contribution in [2.45, 2.75) is 13.0 Å². The van der Waals surface area contributed by atoms with Crippen molar-refractivity contribution in [3.8, 4) is 0 Å². The lowest BCUT2D eigenvalue weighted by Crippen LogP contribution is -2.25. The second-order valence-electron chi connectivity index (χ2n) is 4.98. The summed E-state index contributed by atoms with van der Waals surface area (Å²) in [6.45, 7) is 2.05. The number of carbonyl (C=O) groups is 1. The number of nitrogens with two attached hydrogens (primary N) is 2. The lowest BCUT2D eigenvalue weighted by atomic mass is 10.0. The molecule has 5 heteroatoms. The van der Waals surface area contributed by atoms with Crippen molar-refractivity contribution in [2.75, 3.05) is 17.7 Å². The number of hydrogen-bond acceptors (Lipinski definition) is 3. The minimum absolute atomic E-state index is 0.0593. The smallest absolute Gasteiger partial charge is 0.250 e. The summed E-state index contributed by atoms with van der Waals surface area (Å²) in [6.07, 6.45) is 0. The van der Waals surface area contributed by atoms with Gasteiger partial charge in [0.2, 0.25) is 0 Å². The van der Waals surface area contributed by atoms with Crippen LogP contribution >= 0.6 is 11.6 Å². The molecule has 0 fully saturated rings. The Bertz CT molecular complexity index is 655. The predicted octanol–water partition coefficient (Wildman–Crippen LogP) is 3.22. The Morgan fingerprint density at radius 3 is 2.38 bits per heavy atom. The first kappa shape index (κ1) is 15.2. The number of amides is 1. The number of anilines is 2. The third kappa shape index (κ3) is 3.28. The number of primary amides is 1. The molecule has 0 aromatic heterocycles. The van der Waals surface area contributed by atoms with Crippen LogP contribution in [0, 0.1) is 0 Å². The van der Waals surface area contributed by atoms with E-state index < -0.39 is 5.91 Å². The summed E-state index contributed by atoms with van der Waals surface area (Å²) in [5, 5.41) is 0.693. The van der Waals surface area contributed by atoms with Crippen molar-refractivity contribution in [1.29, 1.82) is 0 Å². The molecule has 0 aliphatic rings. The van der Waals surface area contributed by atoms with Crippen molar-refractivity contribution >= 4 is 28.9 Å². The monoisotopic (exact) mass is 303 g/mol. The van der Waals surface area contributed by atoms with E-state index in [9.17, 15) is 4.79 Å². The van der Waals surface area contributed by atoms with Crippen LogP contribution in [-0.4, -0.2) is 13.0 Å². The van der Waals surface area contributed by atoms with Crippen molar-refractivity contribution in [1.82, 2.24) is 0 Å². The quantitative estimate of drug-likeness (QED) is 0.852. The van der Waals surface area contributed by atoms with Crippen LogP contribution in [0.25, 0.3) is 0 Å². The first-order valence-corrected chi connectivity index (χ1v) is 6.95. The van der Waals surface area contributed by atoms with Crippen LogP contribution in [-0.2, 0) is 0 Å². The van der Waals surface area contributed by atoms with Gasteiger partial charge in [0.25, 0.3) is 5.91 Å². The summed E-state index contributed by atoms with van der Waals surface area (Å²) in [6, 6.07) is 12.8. The topological polar surface area (TPSA) is 72.3 Å². The standard InChI is InChI=1S/C16H18ClN3O/c1-10(11-3-5-12(17)6-4-11)20(2)15-8-7-13(18)9-14(15)16(19)21/h3-10H,18H2,1-2H3,(H2,19,21). The van der Waals surface area contributed by atoms with Crippen molar-refractivity contribution < 1.29 is 4.79 Å². The van der Waals surface area contributed by atoms with Crippen LogP contribution in [0.3, 0.4) is 0 Å². The van der Waals surface area contributed by atoms with E-state index in [4.69, 9.17) is 23.1 Å². The molecular weight excluding hydrogens is 286 g/mol. The summed E-state index contributed by atoms with van der Waals surface area (Å²) in [4.78, 5) is 13.6. The van der Waals surface area contributed by atoms with Gasteiger partial charge in [0.1, 0.15) is 0 Å². The minimum atomic E-state index is -0.493. The second kappa shape index (κ2) is 6.06. The number of benzene rings is 2. The molecule has 1 atom stereocenters. The molecule has 1 unspecified atom stereocenters. The van der Waals surface area contributed by atoms with Gasteiger partial charge in [0, 0.05) is 23.4 Å². The molecule has 2 aromatic rings. The van der Waals surface area contributed by atoms with Gasteiger partial charge in [-0.05, 0) is 42.8 Å². The second-order valence-corrected chi connectivity index (χ2v) is 5.42. The average Bonchev–Trinajstić information content (AvgIpc) is 2.46. The maximum atomic E-state index is 11.6. The van der Waals surface area contributed by atoms with Crippen LogP contribution in [0.5, 0.6) is 0 Å². The normalized spacial score (nSPS) is 12.0. The van der Waals surface area contributed by atoms with Crippen molar-refractivity contribution in [3.05, 3.63) is 58.6 Å². The predicted molar refractivity (Wildman–Crippen MR) is 87.6 cm³/mol. The lowest BCUT2D eigenvalue weighted by Gasteiger charge is -2.29. The molecule has 0 spiro atoms. The van der Waals surface area contributed by atoms with Gasteiger partial charge in [-0.15, -0.1) is 0 Å². The van der Waals surface area contributed by atoms with E-state index in [-0.39, 0.29) is 6.04 Å². The molecule has 110 valence electrons. The van der Waals surface area contributed by atoms with E-state index in [1.807, 2.05) is 49.2 Å². The van der Waals surface area contributed by atoms with Crippen LogP contribution in [0.15, 0.2) is 42.5 Å². The average molecular weight is 304 g/mol. The molecular formula is C16H18ClN3O. The van der Waals surface area contributed by atoms with Gasteiger partial charge in [-0.1, -0.05) is 23.7 Å². The summed E-state index contributed by atoms with van der Waals surface area (Å²) in [7, 11) is 1.91. The molecule has 4 N–H and O–H groups in total. The molecule has 0 saturated carbocycles. The maximum Gasteiger partial charge on any atom is 0.250 e. The van der Waals surface area contributed by atoms with E-state index in [0.717, 1.165) is 11.3 Å². The number of hydrogen-bond donors (Lipinski definition) is 2. The molecule has 0 saturated heterocycles. The number of carbonyl (C=O) groups excluding carboxylic acids is 1. The Labute approximate surface area is 129 Å². The Hall–Kier alpha value is -2.20. The van der Waals surface area contributed by atoms with Crippen LogP contribution in [0.4, 0.5) is 11.4 Å². The molecule has 2 rings (SSSR count). The number of rotatable bonds is 4. The van der Waals surface area contributed by atoms with E-state index >= 15 is 0 Å². The number of halogens is 1. The molecule has 0 bridgehead atoms. The Balaban J connectivity index is 2.37. The zero-order valence-corrected chi connectivity index (χ0v) is 12.8. The third-order valence-corrected chi connectivity index (χ3v) is 3.85. The lowest BCUT2D eigenvalue weighted by molar-refractivity contribution is 0.100. The Kier molecular flexibility index (Phi) is 4.38. The summed E-state index contributed by atoms with van der Waals surface area (Å²) < 4.78 is 0. The summed E-state index contributed by atoms with van der Waals surface area (Å²) in [5.41, 5.74) is 13.9. The largest absolute Gasteiger partial charge is 0.399 e. The highest BCUT2D eigenvalue weighted by Crippen LogP contribution is 2.29. The van der Waals surface area contributed by atoms with Gasteiger partial charge in [-0.2, -0.15) is 0 Å². The van der Waals surface area contributed by atoms with Gasteiger partial charge in [0.15, 0.2) is 0 Å². The zero-order chi connectivity index (χ0) is 15.6. The SMILES string of the molecule is CC(c1ccc(Cl)cc1)N(C)c1ccc(N)cc1C(N)=O. The van der Waals surface area contributed by atoms with Crippen LogP contribution in [0.2, 0.25) is 5.02 Å². The van der Waals surface area contributed by atoms with Gasteiger partial charge in [-0.3, -0.25) is 4.79 Å². The fourth-order valence-electron chi connectivity index (χ4n) is 2.23. The van der Waals surface area contributed by atoms with Crippen LogP contribution < -0.4 is 16.4 Å². The minimum Gasteiger partial charge on any atom is -0.399 e. The van der Waals surface area contributed by atoms with Crippen molar-refractivity contribution in [3.63, 3.8) is 0 Å². The highest BCUT2D eigenvalue weighted by atomic mass is 35.5. The van der Waals surface area contributed by atoms with Gasteiger partial charge >= 0.3 is 0 Å². The zero-order valence-electron chi connectivity index (χ0n) is 12.0. The highest BCUT2D eigenvalue weighted by molar-refractivity contribution is 6.30. The fourth-order valence-corrected chi connectivity index (χ4v) is 2.36. The van der Waals surface area contributed by atoms with Crippen molar-refractivity contribution in [2.24, 2.45) is 5.73 Å². The van der Waals surface area contributed by atoms with Gasteiger partial charge < -0.3 is 16.4 Å². The first-order valence-electron chi connectivity index (χ1n) is 6.57. The van der Waals surface area contributed by atoms with Gasteiger partial charge in [-0.25, -0.2) is 0 Å². The maximum absolute atomic E-state index is 11.6. The van der Waals surface area contributed by atoms with E-state index in [1.54, 1.807) is 12.1 Å². The molecule has 4 nitrogen and oxygen atoms in total. The van der Waals surface area contributed by atoms with E-state index in [2.05, 4.69) is 0 Å². The first-order chi connectivity index (χ1) is 9.90. The van der Waals surface area contributed by atoms with Gasteiger partial charge in [0.05, 0.1) is 11.6 Å². The molecule has 0 radical (unpaired) electrons. The molecule has 1 amide bonds. The highest BCUT2D eigenvalue weighted by Gasteiger charge is 2.18. The molecule has 0 heterocycles. The number of nitrogen functional groups attached to an aromatic ring is 1. The Morgan fingerprint density at radius 1 is 1.19 bits per heavy atom. The van der Waals surface area contributed by atoms with E-state index in [0.29, 0.717) is 16.3 Å². The third-order valence-electron chi connectivity index (χ3n) is 3.60. The number of nitrogens with zero attached hydrogens (tertiary/aromatic N) is 1. The fraction of sp³-hybridized carbons (Fsp3) is 0.188. The molecule has 0 aliphatic carbocycles. The van der Waals surface area contributed by atoms with Crippen LogP contribution in [0.1, 0.15) is 28.9 Å². The molecule has 2 aromatic carbocycles. The molecule has 21 heavy (non-hydrogen) atoms.